The number of methoxy groups -OCH3 is 1. The fraction of sp³-hybridized carbons (Fsp3) is 0.375. The van der Waals surface area contributed by atoms with E-state index >= 15 is 0 Å². The average molecular weight is 472 g/mol. The van der Waals surface area contributed by atoms with Crippen LogP contribution < -0.4 is 14.8 Å². The summed E-state index contributed by atoms with van der Waals surface area (Å²) in [5.74, 6) is 1.30. The van der Waals surface area contributed by atoms with Gasteiger partial charge in [0.15, 0.2) is 11.5 Å². The SMILES string of the molecule is CCOC(=O)Nc1ccc(CN2N=C(c3ccc(OC)c(OCC)c3)C(CC)SC2=O)cc1. The van der Waals surface area contributed by atoms with E-state index in [1.54, 1.807) is 26.2 Å². The second-order valence-corrected chi connectivity index (χ2v) is 8.32. The minimum absolute atomic E-state index is 0.0484. The number of amides is 2. The average Bonchev–Trinajstić information content (AvgIpc) is 2.81. The van der Waals surface area contributed by atoms with Gasteiger partial charge < -0.3 is 14.2 Å². The highest BCUT2D eigenvalue weighted by molar-refractivity contribution is 8.14. The van der Waals surface area contributed by atoms with Crippen LogP contribution in [0.3, 0.4) is 0 Å². The number of ether oxygens (including phenoxy) is 3. The van der Waals surface area contributed by atoms with Crippen LogP contribution in [0.1, 0.15) is 38.3 Å². The molecule has 9 heteroatoms. The molecule has 1 aliphatic rings. The Morgan fingerprint density at radius 1 is 1.09 bits per heavy atom. The molecule has 1 atom stereocenters. The molecule has 0 aliphatic carbocycles. The van der Waals surface area contributed by atoms with E-state index < -0.39 is 6.09 Å². The molecule has 176 valence electrons. The van der Waals surface area contributed by atoms with E-state index in [-0.39, 0.29) is 10.5 Å². The maximum absolute atomic E-state index is 12.8. The fourth-order valence-corrected chi connectivity index (χ4v) is 4.28. The van der Waals surface area contributed by atoms with E-state index in [2.05, 4.69) is 5.32 Å². The van der Waals surface area contributed by atoms with Crippen LogP contribution >= 0.6 is 11.8 Å². The van der Waals surface area contributed by atoms with Crippen LogP contribution in [0.5, 0.6) is 11.5 Å². The summed E-state index contributed by atoms with van der Waals surface area (Å²) in [4.78, 5) is 24.3. The molecule has 2 aromatic rings. The molecular weight excluding hydrogens is 442 g/mol. The van der Waals surface area contributed by atoms with Gasteiger partial charge in [-0.25, -0.2) is 9.80 Å². The van der Waals surface area contributed by atoms with Gasteiger partial charge in [-0.1, -0.05) is 30.8 Å². The Morgan fingerprint density at radius 3 is 2.48 bits per heavy atom. The Morgan fingerprint density at radius 2 is 1.85 bits per heavy atom. The molecule has 1 aliphatic heterocycles. The molecule has 1 N–H and O–H groups in total. The van der Waals surface area contributed by atoms with Crippen LogP contribution in [0.15, 0.2) is 47.6 Å². The maximum Gasteiger partial charge on any atom is 0.411 e. The van der Waals surface area contributed by atoms with Gasteiger partial charge in [0.05, 0.1) is 37.8 Å². The highest BCUT2D eigenvalue weighted by Crippen LogP contribution is 2.34. The van der Waals surface area contributed by atoms with Crippen LogP contribution in [0.4, 0.5) is 15.3 Å². The Kier molecular flexibility index (Phi) is 8.59. The van der Waals surface area contributed by atoms with Gasteiger partial charge in [-0.2, -0.15) is 5.10 Å². The number of nitrogens with zero attached hydrogens (tertiary/aromatic N) is 2. The van der Waals surface area contributed by atoms with Crippen molar-refractivity contribution in [1.82, 2.24) is 5.01 Å². The molecule has 0 spiro atoms. The van der Waals surface area contributed by atoms with Crippen molar-refractivity contribution in [2.75, 3.05) is 25.6 Å². The summed E-state index contributed by atoms with van der Waals surface area (Å²) in [5, 5.41) is 8.71. The van der Waals surface area contributed by atoms with Crippen LogP contribution in [0.2, 0.25) is 0 Å². The zero-order valence-electron chi connectivity index (χ0n) is 19.3. The molecule has 0 bridgehead atoms. The van der Waals surface area contributed by atoms with Gasteiger partial charge in [-0.15, -0.1) is 0 Å². The van der Waals surface area contributed by atoms with Gasteiger partial charge >= 0.3 is 11.3 Å². The molecule has 0 radical (unpaired) electrons. The van der Waals surface area contributed by atoms with Crippen LogP contribution in [0.25, 0.3) is 0 Å². The van der Waals surface area contributed by atoms with Crippen molar-refractivity contribution >= 4 is 34.5 Å². The zero-order valence-corrected chi connectivity index (χ0v) is 20.1. The van der Waals surface area contributed by atoms with Crippen molar-refractivity contribution in [3.8, 4) is 11.5 Å². The van der Waals surface area contributed by atoms with E-state index in [1.807, 2.05) is 44.2 Å². The third-order valence-corrected chi connectivity index (χ3v) is 6.18. The minimum atomic E-state index is -0.501. The topological polar surface area (TPSA) is 89.5 Å². The third kappa shape index (κ3) is 6.19. The van der Waals surface area contributed by atoms with Gasteiger partial charge in [-0.3, -0.25) is 10.1 Å². The van der Waals surface area contributed by atoms with Gasteiger partial charge in [0.2, 0.25) is 0 Å². The van der Waals surface area contributed by atoms with Crippen molar-refractivity contribution in [3.05, 3.63) is 53.6 Å². The molecule has 0 fully saturated rings. The number of rotatable bonds is 9. The third-order valence-electron chi connectivity index (χ3n) is 4.93. The number of hydrazone groups is 1. The summed E-state index contributed by atoms with van der Waals surface area (Å²) in [6.07, 6.45) is 0.270. The van der Waals surface area contributed by atoms with Crippen molar-refractivity contribution in [2.45, 2.75) is 39.0 Å². The number of carbonyl (C=O) groups excluding carboxylic acids is 2. The number of thioether (sulfide) groups is 1. The van der Waals surface area contributed by atoms with E-state index in [0.29, 0.717) is 36.9 Å². The minimum Gasteiger partial charge on any atom is -0.493 e. The molecule has 0 saturated heterocycles. The van der Waals surface area contributed by atoms with Crippen LogP contribution in [-0.2, 0) is 11.3 Å². The molecular formula is C24H29N3O5S. The van der Waals surface area contributed by atoms with Crippen molar-refractivity contribution in [3.63, 3.8) is 0 Å². The number of anilines is 1. The first-order chi connectivity index (χ1) is 16.0. The summed E-state index contributed by atoms with van der Waals surface area (Å²) in [6, 6.07) is 12.9. The van der Waals surface area contributed by atoms with E-state index in [1.165, 1.54) is 16.8 Å². The standard InChI is InChI=1S/C24H29N3O5S/c1-5-21-22(17-10-13-19(30-4)20(14-17)31-6-2)26-27(24(29)33-21)15-16-8-11-18(12-9-16)25-23(28)32-7-3/h8-14,21H,5-7,15H2,1-4H3,(H,25,28). The smallest absolute Gasteiger partial charge is 0.411 e. The van der Waals surface area contributed by atoms with Crippen molar-refractivity contribution < 1.29 is 23.8 Å². The molecule has 0 saturated carbocycles. The molecule has 8 nitrogen and oxygen atoms in total. The van der Waals surface area contributed by atoms with Gasteiger partial charge in [-0.05, 0) is 56.2 Å². The second kappa shape index (κ2) is 11.6. The Bertz CT molecular complexity index is 1010. The summed E-state index contributed by atoms with van der Waals surface area (Å²) < 4.78 is 16.0. The first-order valence-corrected chi connectivity index (χ1v) is 11.8. The van der Waals surface area contributed by atoms with Gasteiger partial charge in [0.25, 0.3) is 0 Å². The maximum atomic E-state index is 12.8. The molecule has 1 unspecified atom stereocenters. The van der Waals surface area contributed by atoms with E-state index in [0.717, 1.165) is 23.3 Å². The number of hydrogen-bond acceptors (Lipinski definition) is 7. The number of benzene rings is 2. The van der Waals surface area contributed by atoms with Crippen molar-refractivity contribution in [1.29, 1.82) is 0 Å². The molecule has 33 heavy (non-hydrogen) atoms. The number of nitrogens with one attached hydrogen (secondary N) is 1. The van der Waals surface area contributed by atoms with E-state index in [4.69, 9.17) is 19.3 Å². The van der Waals surface area contributed by atoms with Gasteiger partial charge in [0, 0.05) is 11.3 Å². The number of carbonyl (C=O) groups is 2. The first-order valence-electron chi connectivity index (χ1n) is 10.9. The summed E-state index contributed by atoms with van der Waals surface area (Å²) in [7, 11) is 1.61. The predicted octanol–water partition coefficient (Wildman–Crippen LogP) is 5.51. The molecule has 2 amide bonds. The molecule has 2 aromatic carbocycles. The lowest BCUT2D eigenvalue weighted by molar-refractivity contribution is 0.168. The van der Waals surface area contributed by atoms with Gasteiger partial charge in [0.1, 0.15) is 0 Å². The molecule has 3 rings (SSSR count). The lowest BCUT2D eigenvalue weighted by atomic mass is 10.0. The Balaban J connectivity index is 1.83. The largest absolute Gasteiger partial charge is 0.493 e. The summed E-state index contributed by atoms with van der Waals surface area (Å²) in [5.41, 5.74) is 3.23. The highest BCUT2D eigenvalue weighted by atomic mass is 32.2. The lowest BCUT2D eigenvalue weighted by Crippen LogP contribution is -2.34. The normalized spacial score (nSPS) is 15.6. The van der Waals surface area contributed by atoms with Crippen molar-refractivity contribution in [2.24, 2.45) is 5.10 Å². The number of hydrogen-bond donors (Lipinski definition) is 1. The zero-order chi connectivity index (χ0) is 23.8. The molecule has 1 heterocycles. The summed E-state index contributed by atoms with van der Waals surface area (Å²) >= 11 is 1.27. The Hall–Kier alpha value is -3.20. The Labute approximate surface area is 198 Å². The second-order valence-electron chi connectivity index (χ2n) is 7.16. The quantitative estimate of drug-likeness (QED) is 0.518. The first kappa shape index (κ1) is 24.4. The van der Waals surface area contributed by atoms with Crippen LogP contribution in [-0.4, -0.2) is 47.6 Å². The summed E-state index contributed by atoms with van der Waals surface area (Å²) in [6.45, 7) is 6.85. The monoisotopic (exact) mass is 471 g/mol. The van der Waals surface area contributed by atoms with Crippen LogP contribution in [0, 0.1) is 0 Å². The van der Waals surface area contributed by atoms with E-state index in [9.17, 15) is 9.59 Å². The lowest BCUT2D eigenvalue weighted by Gasteiger charge is -2.28. The fourth-order valence-electron chi connectivity index (χ4n) is 3.35. The molecule has 0 aromatic heterocycles. The predicted molar refractivity (Wildman–Crippen MR) is 130 cm³/mol. The highest BCUT2D eigenvalue weighted by Gasteiger charge is 2.30.